The van der Waals surface area contributed by atoms with Crippen LogP contribution in [-0.4, -0.2) is 11.1 Å². The van der Waals surface area contributed by atoms with Crippen LogP contribution in [0.3, 0.4) is 0 Å². The number of unbranched alkanes of at least 4 members (excludes halogenated alkanes) is 4. The predicted molar refractivity (Wildman–Crippen MR) is 96.0 cm³/mol. The van der Waals surface area contributed by atoms with Crippen LogP contribution in [0.4, 0.5) is 0 Å². The molecule has 0 aromatic heterocycles. The van der Waals surface area contributed by atoms with E-state index < -0.39 is 5.97 Å². The Hall–Kier alpha value is -1.57. The zero-order valence-corrected chi connectivity index (χ0v) is 14.0. The van der Waals surface area contributed by atoms with Gasteiger partial charge in [-0.1, -0.05) is 68.7 Å². The number of aliphatic carboxylic acids is 1. The van der Waals surface area contributed by atoms with Gasteiger partial charge < -0.3 is 5.11 Å². The van der Waals surface area contributed by atoms with Crippen molar-refractivity contribution in [2.24, 2.45) is 5.92 Å². The molecule has 2 heteroatoms. The molecule has 0 spiro atoms. The number of carboxylic acids is 1. The SMILES string of the molecule is C=CC(CCCCCCC=CCC=CCC=CCC)C(=O)O. The first-order valence-corrected chi connectivity index (χ1v) is 8.52. The van der Waals surface area contributed by atoms with Gasteiger partial charge in [0.25, 0.3) is 0 Å². The average molecular weight is 304 g/mol. The third kappa shape index (κ3) is 13.4. The second-order valence-electron chi connectivity index (χ2n) is 5.47. The molecule has 0 aliphatic carbocycles. The van der Waals surface area contributed by atoms with Gasteiger partial charge in [-0.15, -0.1) is 6.58 Å². The van der Waals surface area contributed by atoms with E-state index in [1.54, 1.807) is 0 Å². The quantitative estimate of drug-likeness (QED) is 0.312. The fourth-order valence-corrected chi connectivity index (χ4v) is 2.15. The second kappa shape index (κ2) is 15.8. The minimum atomic E-state index is -0.754. The number of hydrogen-bond acceptors (Lipinski definition) is 1. The van der Waals surface area contributed by atoms with Crippen LogP contribution in [-0.2, 0) is 4.79 Å². The average Bonchev–Trinajstić information content (AvgIpc) is 2.51. The molecule has 124 valence electrons. The summed E-state index contributed by atoms with van der Waals surface area (Å²) in [6.45, 7) is 5.71. The molecule has 0 bridgehead atoms. The Morgan fingerprint density at radius 1 is 0.955 bits per heavy atom. The maximum absolute atomic E-state index is 10.8. The van der Waals surface area contributed by atoms with Gasteiger partial charge in [-0.25, -0.2) is 0 Å². The van der Waals surface area contributed by atoms with Crippen LogP contribution in [0, 0.1) is 5.92 Å². The molecule has 0 aromatic rings. The summed E-state index contributed by atoms with van der Waals surface area (Å²) in [6.07, 6.45) is 24.2. The number of allylic oxidation sites excluding steroid dienone is 6. The maximum Gasteiger partial charge on any atom is 0.310 e. The number of hydrogen-bond donors (Lipinski definition) is 1. The lowest BCUT2D eigenvalue weighted by molar-refractivity contribution is -0.140. The van der Waals surface area contributed by atoms with Gasteiger partial charge in [0, 0.05) is 0 Å². The standard InChI is InChI=1S/C20H32O2/c1-3-5-6-7-8-9-10-11-12-13-14-15-16-17-18-19(4-2)20(21)22/h4-6,8-9,11-12,19H,2-3,7,10,13-18H2,1H3,(H,21,22). The van der Waals surface area contributed by atoms with Crippen LogP contribution in [0.15, 0.2) is 49.1 Å². The van der Waals surface area contributed by atoms with E-state index in [-0.39, 0.29) is 5.92 Å². The van der Waals surface area contributed by atoms with Crippen LogP contribution < -0.4 is 0 Å². The van der Waals surface area contributed by atoms with Gasteiger partial charge in [0.1, 0.15) is 0 Å². The molecule has 0 aliphatic heterocycles. The van der Waals surface area contributed by atoms with Crippen LogP contribution in [0.5, 0.6) is 0 Å². The topological polar surface area (TPSA) is 37.3 Å². The molecule has 1 N–H and O–H groups in total. The zero-order valence-electron chi connectivity index (χ0n) is 14.0. The largest absolute Gasteiger partial charge is 0.481 e. The third-order valence-electron chi connectivity index (χ3n) is 3.52. The molecule has 22 heavy (non-hydrogen) atoms. The molecule has 0 heterocycles. The van der Waals surface area contributed by atoms with Crippen LogP contribution >= 0.6 is 0 Å². The number of rotatable bonds is 14. The molecule has 0 fully saturated rings. The van der Waals surface area contributed by atoms with Crippen LogP contribution in [0.2, 0.25) is 0 Å². The fourth-order valence-electron chi connectivity index (χ4n) is 2.15. The van der Waals surface area contributed by atoms with Crippen molar-refractivity contribution in [3.63, 3.8) is 0 Å². The third-order valence-corrected chi connectivity index (χ3v) is 3.52. The Kier molecular flexibility index (Phi) is 14.7. The van der Waals surface area contributed by atoms with Gasteiger partial charge in [0.2, 0.25) is 0 Å². The van der Waals surface area contributed by atoms with Gasteiger partial charge in [-0.3, -0.25) is 4.79 Å². The first-order valence-electron chi connectivity index (χ1n) is 8.52. The Bertz CT molecular complexity index is 364. The Morgan fingerprint density at radius 2 is 1.55 bits per heavy atom. The number of carbonyl (C=O) groups is 1. The molecule has 0 rings (SSSR count). The van der Waals surface area contributed by atoms with Crippen LogP contribution in [0.25, 0.3) is 0 Å². The summed E-state index contributed by atoms with van der Waals surface area (Å²) in [6, 6.07) is 0. The maximum atomic E-state index is 10.8. The molecule has 0 aromatic carbocycles. The summed E-state index contributed by atoms with van der Waals surface area (Å²) in [5, 5.41) is 8.89. The Balaban J connectivity index is 3.42. The molecule has 1 unspecified atom stereocenters. The lowest BCUT2D eigenvalue weighted by Gasteiger charge is -2.06. The highest BCUT2D eigenvalue weighted by molar-refractivity contribution is 5.71. The lowest BCUT2D eigenvalue weighted by Crippen LogP contribution is -2.10. The molecular weight excluding hydrogens is 272 g/mol. The molecule has 0 amide bonds. The minimum absolute atomic E-state index is 0.376. The zero-order chi connectivity index (χ0) is 16.5. The van der Waals surface area contributed by atoms with Crippen LogP contribution in [0.1, 0.15) is 64.7 Å². The molecule has 0 saturated heterocycles. The van der Waals surface area contributed by atoms with Crippen molar-refractivity contribution in [2.45, 2.75) is 64.7 Å². The van der Waals surface area contributed by atoms with Gasteiger partial charge >= 0.3 is 5.97 Å². The normalized spacial score (nSPS) is 13.3. The summed E-state index contributed by atoms with van der Waals surface area (Å²) in [4.78, 5) is 10.8. The summed E-state index contributed by atoms with van der Waals surface area (Å²) < 4.78 is 0. The Labute approximate surface area is 136 Å². The molecule has 2 nitrogen and oxygen atoms in total. The van der Waals surface area contributed by atoms with E-state index in [1.807, 2.05) is 0 Å². The van der Waals surface area contributed by atoms with Crippen molar-refractivity contribution in [3.8, 4) is 0 Å². The fraction of sp³-hybridized carbons (Fsp3) is 0.550. The molecule has 0 aliphatic rings. The van der Waals surface area contributed by atoms with Gasteiger partial charge in [-0.2, -0.15) is 0 Å². The highest BCUT2D eigenvalue weighted by Gasteiger charge is 2.11. The summed E-state index contributed by atoms with van der Waals surface area (Å²) in [5.74, 6) is -1.13. The molecule has 0 radical (unpaired) electrons. The van der Waals surface area contributed by atoms with E-state index in [1.165, 1.54) is 18.9 Å². The van der Waals surface area contributed by atoms with E-state index >= 15 is 0 Å². The molecular formula is C20H32O2. The summed E-state index contributed by atoms with van der Waals surface area (Å²) >= 11 is 0. The first kappa shape index (κ1) is 20.4. The van der Waals surface area contributed by atoms with Crippen molar-refractivity contribution in [2.75, 3.05) is 0 Å². The number of carboxylic acid groups (broad SMARTS) is 1. The summed E-state index contributed by atoms with van der Waals surface area (Å²) in [5.41, 5.74) is 0. The van der Waals surface area contributed by atoms with Gasteiger partial charge in [0.05, 0.1) is 5.92 Å². The van der Waals surface area contributed by atoms with Crippen molar-refractivity contribution >= 4 is 5.97 Å². The lowest BCUT2D eigenvalue weighted by atomic mass is 10.0. The van der Waals surface area contributed by atoms with Crippen molar-refractivity contribution in [1.29, 1.82) is 0 Å². The van der Waals surface area contributed by atoms with Gasteiger partial charge in [-0.05, 0) is 38.5 Å². The second-order valence-corrected chi connectivity index (χ2v) is 5.47. The van der Waals surface area contributed by atoms with Crippen molar-refractivity contribution in [1.82, 2.24) is 0 Å². The first-order chi connectivity index (χ1) is 10.7. The highest BCUT2D eigenvalue weighted by atomic mass is 16.4. The smallest absolute Gasteiger partial charge is 0.310 e. The minimum Gasteiger partial charge on any atom is -0.481 e. The highest BCUT2D eigenvalue weighted by Crippen LogP contribution is 2.13. The Morgan fingerprint density at radius 3 is 2.14 bits per heavy atom. The van der Waals surface area contributed by atoms with E-state index in [9.17, 15) is 4.79 Å². The monoisotopic (exact) mass is 304 g/mol. The molecule has 0 saturated carbocycles. The van der Waals surface area contributed by atoms with E-state index in [0.717, 1.165) is 38.5 Å². The van der Waals surface area contributed by atoms with E-state index in [0.29, 0.717) is 6.42 Å². The predicted octanol–water partition coefficient (Wildman–Crippen LogP) is 6.07. The molecule has 1 atom stereocenters. The van der Waals surface area contributed by atoms with E-state index in [2.05, 4.69) is 50.0 Å². The van der Waals surface area contributed by atoms with Crippen molar-refractivity contribution in [3.05, 3.63) is 49.1 Å². The summed E-state index contributed by atoms with van der Waals surface area (Å²) in [7, 11) is 0. The van der Waals surface area contributed by atoms with Crippen molar-refractivity contribution < 1.29 is 9.90 Å². The van der Waals surface area contributed by atoms with E-state index in [4.69, 9.17) is 5.11 Å². The van der Waals surface area contributed by atoms with Gasteiger partial charge in [0.15, 0.2) is 0 Å².